The van der Waals surface area contributed by atoms with Crippen molar-refractivity contribution in [3.8, 4) is 22.3 Å². The van der Waals surface area contributed by atoms with Gasteiger partial charge in [-0.15, -0.1) is 0 Å². The molecule has 2 heteroatoms. The molecule has 44 heavy (non-hydrogen) atoms. The molecule has 1 N–H and O–H groups in total. The highest BCUT2D eigenvalue weighted by Crippen LogP contribution is 2.49. The zero-order valence-electron chi connectivity index (χ0n) is 23.8. The number of para-hydroxylation sites is 2. The molecular weight excluding hydrogens is 534 g/mol. The standard InChI is InChI=1S/C42H25NO/c1-2-12-26-23-27(22-21-25(26)11-1)38-30-15-3-5-17-32(30)39(33-18-6-4-16-31(33)38)40-41-34(28-13-7-9-19-36(28)43-41)24-35-29-14-8-10-20-37(29)44-42(35)40/h1-24,43H. The third-order valence-electron chi connectivity index (χ3n) is 9.37. The lowest BCUT2D eigenvalue weighted by Crippen LogP contribution is -1.92. The fourth-order valence-electron chi connectivity index (χ4n) is 7.46. The van der Waals surface area contributed by atoms with E-state index in [9.17, 15) is 0 Å². The molecule has 2 heterocycles. The van der Waals surface area contributed by atoms with Gasteiger partial charge in [0.2, 0.25) is 0 Å². The van der Waals surface area contributed by atoms with Crippen molar-refractivity contribution in [1.82, 2.24) is 4.98 Å². The molecule has 0 bridgehead atoms. The molecule has 10 rings (SSSR count). The van der Waals surface area contributed by atoms with Gasteiger partial charge in [-0.3, -0.25) is 0 Å². The predicted molar refractivity (Wildman–Crippen MR) is 186 cm³/mol. The topological polar surface area (TPSA) is 28.9 Å². The maximum atomic E-state index is 6.78. The van der Waals surface area contributed by atoms with Crippen LogP contribution in [0.15, 0.2) is 150 Å². The predicted octanol–water partition coefficient (Wildman–Crippen LogP) is 12.0. The number of nitrogens with one attached hydrogen (secondary N) is 1. The third-order valence-corrected chi connectivity index (χ3v) is 9.37. The number of H-pyrrole nitrogens is 1. The van der Waals surface area contributed by atoms with E-state index in [-0.39, 0.29) is 0 Å². The minimum atomic E-state index is 0.905. The Morgan fingerprint density at radius 2 is 0.977 bits per heavy atom. The van der Waals surface area contributed by atoms with Crippen LogP contribution in [0.1, 0.15) is 0 Å². The van der Waals surface area contributed by atoms with Crippen LogP contribution >= 0.6 is 0 Å². The lowest BCUT2D eigenvalue weighted by molar-refractivity contribution is 0.670. The van der Waals surface area contributed by atoms with E-state index in [2.05, 4.69) is 151 Å². The maximum absolute atomic E-state index is 6.78. The number of rotatable bonds is 2. The third kappa shape index (κ3) is 3.20. The Bertz CT molecular complexity index is 2630. The number of furan rings is 1. The van der Waals surface area contributed by atoms with E-state index in [1.54, 1.807) is 0 Å². The minimum Gasteiger partial charge on any atom is -0.455 e. The molecule has 0 fully saturated rings. The van der Waals surface area contributed by atoms with E-state index in [4.69, 9.17) is 4.42 Å². The van der Waals surface area contributed by atoms with Crippen molar-refractivity contribution in [3.63, 3.8) is 0 Å². The number of benzene rings is 8. The molecule has 0 aliphatic rings. The summed E-state index contributed by atoms with van der Waals surface area (Å²) in [4.78, 5) is 3.82. The molecule has 0 aliphatic carbocycles. The first-order valence-corrected chi connectivity index (χ1v) is 15.1. The summed E-state index contributed by atoms with van der Waals surface area (Å²) < 4.78 is 6.78. The highest BCUT2D eigenvalue weighted by Gasteiger charge is 2.24. The Kier molecular flexibility index (Phi) is 4.75. The van der Waals surface area contributed by atoms with Crippen molar-refractivity contribution in [2.75, 3.05) is 0 Å². The number of hydrogen-bond donors (Lipinski definition) is 1. The zero-order valence-corrected chi connectivity index (χ0v) is 23.8. The van der Waals surface area contributed by atoms with E-state index >= 15 is 0 Å². The lowest BCUT2D eigenvalue weighted by atomic mass is 9.84. The van der Waals surface area contributed by atoms with Gasteiger partial charge in [0.1, 0.15) is 11.2 Å². The summed E-state index contributed by atoms with van der Waals surface area (Å²) >= 11 is 0. The summed E-state index contributed by atoms with van der Waals surface area (Å²) in [6, 6.07) is 52.5. The quantitative estimate of drug-likeness (QED) is 0.210. The second-order valence-electron chi connectivity index (χ2n) is 11.7. The Hall–Kier alpha value is -5.86. The SMILES string of the molecule is c1ccc2cc(-c3c4ccccc4c(-c4c5[nH]c6ccccc6c5cc5c4oc4ccccc45)c4ccccc34)ccc2c1. The first-order valence-electron chi connectivity index (χ1n) is 15.1. The summed E-state index contributed by atoms with van der Waals surface area (Å²) in [5.74, 6) is 0. The zero-order chi connectivity index (χ0) is 28.8. The number of hydrogen-bond acceptors (Lipinski definition) is 1. The molecule has 0 unspecified atom stereocenters. The van der Waals surface area contributed by atoms with E-state index in [0.717, 1.165) is 38.5 Å². The second kappa shape index (κ2) is 8.82. The van der Waals surface area contributed by atoms with Gasteiger partial charge in [0, 0.05) is 32.6 Å². The van der Waals surface area contributed by atoms with E-state index in [1.807, 2.05) is 0 Å². The van der Waals surface area contributed by atoms with Crippen LogP contribution in [0.3, 0.4) is 0 Å². The van der Waals surface area contributed by atoms with Gasteiger partial charge in [-0.2, -0.15) is 0 Å². The monoisotopic (exact) mass is 559 g/mol. The molecule has 0 aliphatic heterocycles. The van der Waals surface area contributed by atoms with Crippen molar-refractivity contribution in [2.45, 2.75) is 0 Å². The number of aromatic nitrogens is 1. The normalized spacial score (nSPS) is 12.1. The molecule has 0 spiro atoms. The molecule has 0 atom stereocenters. The molecule has 0 saturated heterocycles. The molecule has 2 nitrogen and oxygen atoms in total. The van der Waals surface area contributed by atoms with Crippen LogP contribution in [0.25, 0.3) is 98.3 Å². The first-order chi connectivity index (χ1) is 21.8. The van der Waals surface area contributed by atoms with Gasteiger partial charge in [0.05, 0.1) is 11.1 Å². The Morgan fingerprint density at radius 3 is 1.73 bits per heavy atom. The van der Waals surface area contributed by atoms with Crippen LogP contribution in [0, 0.1) is 0 Å². The average Bonchev–Trinajstić information content (AvgIpc) is 3.64. The fraction of sp³-hybridized carbons (Fsp3) is 0. The van der Waals surface area contributed by atoms with Gasteiger partial charge in [-0.25, -0.2) is 0 Å². The number of aromatic amines is 1. The molecule has 0 saturated carbocycles. The van der Waals surface area contributed by atoms with E-state index < -0.39 is 0 Å². The van der Waals surface area contributed by atoms with Crippen LogP contribution in [0.5, 0.6) is 0 Å². The summed E-state index contributed by atoms with van der Waals surface area (Å²) in [5.41, 5.74) is 8.84. The van der Waals surface area contributed by atoms with Crippen LogP contribution in [0.2, 0.25) is 0 Å². The van der Waals surface area contributed by atoms with E-state index in [0.29, 0.717) is 0 Å². The van der Waals surface area contributed by atoms with Gasteiger partial charge < -0.3 is 9.40 Å². The lowest BCUT2D eigenvalue weighted by Gasteiger charge is -2.18. The van der Waals surface area contributed by atoms with Crippen molar-refractivity contribution in [1.29, 1.82) is 0 Å². The van der Waals surface area contributed by atoms with Gasteiger partial charge in [0.25, 0.3) is 0 Å². The van der Waals surface area contributed by atoms with Crippen LogP contribution < -0.4 is 0 Å². The molecule has 0 radical (unpaired) electrons. The smallest absolute Gasteiger partial charge is 0.145 e. The van der Waals surface area contributed by atoms with Crippen molar-refractivity contribution in [2.24, 2.45) is 0 Å². The Labute approximate surface area is 252 Å². The largest absolute Gasteiger partial charge is 0.455 e. The van der Waals surface area contributed by atoms with Gasteiger partial charge in [-0.1, -0.05) is 121 Å². The molecule has 8 aromatic carbocycles. The summed E-state index contributed by atoms with van der Waals surface area (Å²) in [5, 5.41) is 12.1. The van der Waals surface area contributed by atoms with Crippen LogP contribution in [0.4, 0.5) is 0 Å². The summed E-state index contributed by atoms with van der Waals surface area (Å²) in [7, 11) is 0. The molecule has 204 valence electrons. The van der Waals surface area contributed by atoms with Gasteiger partial charge in [0.15, 0.2) is 0 Å². The highest BCUT2D eigenvalue weighted by atomic mass is 16.3. The van der Waals surface area contributed by atoms with Crippen molar-refractivity contribution >= 4 is 76.1 Å². The Balaban J connectivity index is 1.43. The summed E-state index contributed by atoms with van der Waals surface area (Å²) in [6.07, 6.45) is 0. The molecule has 0 amide bonds. The van der Waals surface area contributed by atoms with Crippen LogP contribution in [-0.4, -0.2) is 4.98 Å². The van der Waals surface area contributed by atoms with E-state index in [1.165, 1.54) is 59.8 Å². The Morgan fingerprint density at radius 1 is 0.386 bits per heavy atom. The second-order valence-corrected chi connectivity index (χ2v) is 11.7. The fourth-order valence-corrected chi connectivity index (χ4v) is 7.46. The van der Waals surface area contributed by atoms with Crippen molar-refractivity contribution in [3.05, 3.63) is 146 Å². The average molecular weight is 560 g/mol. The molecular formula is C42H25NO. The maximum Gasteiger partial charge on any atom is 0.145 e. The minimum absolute atomic E-state index is 0.905. The highest BCUT2D eigenvalue weighted by molar-refractivity contribution is 6.30. The first kappa shape index (κ1) is 23.7. The molecule has 10 aromatic rings. The number of fused-ring (bicyclic) bond motifs is 9. The van der Waals surface area contributed by atoms with Gasteiger partial charge in [-0.05, 0) is 67.7 Å². The van der Waals surface area contributed by atoms with Gasteiger partial charge >= 0.3 is 0 Å². The molecule has 2 aromatic heterocycles. The van der Waals surface area contributed by atoms with Crippen LogP contribution in [-0.2, 0) is 0 Å². The van der Waals surface area contributed by atoms with Crippen molar-refractivity contribution < 1.29 is 4.42 Å². The summed E-state index contributed by atoms with van der Waals surface area (Å²) in [6.45, 7) is 0.